The molecule has 2 heterocycles. The highest BCUT2D eigenvalue weighted by atomic mass is 16.6. The van der Waals surface area contributed by atoms with Gasteiger partial charge in [-0.1, -0.05) is 26.0 Å². The average Bonchev–Trinajstić information content (AvgIpc) is 3.22. The summed E-state index contributed by atoms with van der Waals surface area (Å²) in [7, 11) is 0. The SMILES string of the molecule is CC(C)c1ccc(N2CCC3(CCC4(CC3)CO4)C2=O)cc1. The van der Waals surface area contributed by atoms with E-state index >= 15 is 0 Å². The normalized spacial score (nSPS) is 34.1. The fraction of sp³-hybridized carbons (Fsp3) is 0.632. The van der Waals surface area contributed by atoms with Gasteiger partial charge in [-0.2, -0.15) is 0 Å². The molecule has 3 heteroatoms. The summed E-state index contributed by atoms with van der Waals surface area (Å²) in [6, 6.07) is 8.54. The first kappa shape index (κ1) is 14.3. The largest absolute Gasteiger partial charge is 0.370 e. The van der Waals surface area contributed by atoms with Gasteiger partial charge in [-0.25, -0.2) is 0 Å². The van der Waals surface area contributed by atoms with Crippen LogP contribution in [-0.2, 0) is 9.53 Å². The van der Waals surface area contributed by atoms with Crippen molar-refractivity contribution >= 4 is 11.6 Å². The topological polar surface area (TPSA) is 32.8 Å². The molecule has 22 heavy (non-hydrogen) atoms. The van der Waals surface area contributed by atoms with Gasteiger partial charge in [0.2, 0.25) is 5.91 Å². The van der Waals surface area contributed by atoms with Crippen molar-refractivity contribution in [2.24, 2.45) is 5.41 Å². The molecule has 2 spiro atoms. The highest BCUT2D eigenvalue weighted by Gasteiger charge is 2.56. The molecule has 3 nitrogen and oxygen atoms in total. The fourth-order valence-electron chi connectivity index (χ4n) is 4.14. The van der Waals surface area contributed by atoms with Crippen LogP contribution in [0.3, 0.4) is 0 Å². The maximum absolute atomic E-state index is 13.0. The Bertz CT molecular complexity index is 576. The van der Waals surface area contributed by atoms with E-state index in [2.05, 4.69) is 38.1 Å². The molecule has 1 aromatic rings. The second-order valence-corrected chi connectivity index (χ2v) is 7.71. The first-order valence-corrected chi connectivity index (χ1v) is 8.60. The predicted molar refractivity (Wildman–Crippen MR) is 87.1 cm³/mol. The molecule has 1 aliphatic carbocycles. The zero-order chi connectivity index (χ0) is 15.4. The Morgan fingerprint density at radius 2 is 1.68 bits per heavy atom. The van der Waals surface area contributed by atoms with E-state index in [1.165, 1.54) is 5.56 Å². The lowest BCUT2D eigenvalue weighted by atomic mass is 9.69. The minimum Gasteiger partial charge on any atom is -0.370 e. The van der Waals surface area contributed by atoms with Gasteiger partial charge < -0.3 is 9.64 Å². The number of carbonyl (C=O) groups excluding carboxylic acids is 1. The van der Waals surface area contributed by atoms with Gasteiger partial charge in [0.1, 0.15) is 0 Å². The van der Waals surface area contributed by atoms with Gasteiger partial charge in [0.05, 0.1) is 17.6 Å². The zero-order valence-electron chi connectivity index (χ0n) is 13.6. The third-order valence-corrected chi connectivity index (χ3v) is 6.06. The fourth-order valence-corrected chi connectivity index (χ4v) is 4.14. The van der Waals surface area contributed by atoms with E-state index in [0.717, 1.165) is 50.9 Å². The molecule has 3 fully saturated rings. The molecule has 0 N–H and O–H groups in total. The number of anilines is 1. The van der Waals surface area contributed by atoms with Gasteiger partial charge in [-0.3, -0.25) is 4.79 Å². The first-order valence-electron chi connectivity index (χ1n) is 8.60. The lowest BCUT2D eigenvalue weighted by Crippen LogP contribution is -2.39. The summed E-state index contributed by atoms with van der Waals surface area (Å²) in [6.07, 6.45) is 5.16. The molecule has 1 aromatic carbocycles. The van der Waals surface area contributed by atoms with E-state index in [-0.39, 0.29) is 11.0 Å². The van der Waals surface area contributed by atoms with E-state index in [1.54, 1.807) is 0 Å². The Morgan fingerprint density at radius 1 is 1.05 bits per heavy atom. The molecule has 2 saturated heterocycles. The van der Waals surface area contributed by atoms with Crippen LogP contribution in [0.5, 0.6) is 0 Å². The monoisotopic (exact) mass is 299 g/mol. The lowest BCUT2D eigenvalue weighted by Gasteiger charge is -2.34. The number of ether oxygens (including phenoxy) is 1. The van der Waals surface area contributed by atoms with Crippen LogP contribution in [0.15, 0.2) is 24.3 Å². The van der Waals surface area contributed by atoms with Crippen LogP contribution in [-0.4, -0.2) is 24.7 Å². The molecule has 0 unspecified atom stereocenters. The summed E-state index contributed by atoms with van der Waals surface area (Å²) in [6.45, 7) is 6.18. The summed E-state index contributed by atoms with van der Waals surface area (Å²) in [5, 5.41) is 0. The van der Waals surface area contributed by atoms with Crippen LogP contribution in [0, 0.1) is 5.41 Å². The standard InChI is InChI=1S/C19H25NO2/c1-14(2)15-3-5-16(6-4-15)20-12-11-18(17(20)21)7-9-19(10-8-18)13-22-19/h3-6,14H,7-13H2,1-2H3. The van der Waals surface area contributed by atoms with E-state index in [0.29, 0.717) is 11.8 Å². The van der Waals surface area contributed by atoms with Crippen LogP contribution in [0.1, 0.15) is 57.4 Å². The number of amides is 1. The molecule has 2 aliphatic heterocycles. The number of hydrogen-bond donors (Lipinski definition) is 0. The average molecular weight is 299 g/mol. The van der Waals surface area contributed by atoms with Crippen molar-refractivity contribution in [2.45, 2.75) is 57.5 Å². The number of nitrogens with zero attached hydrogens (tertiary/aromatic N) is 1. The zero-order valence-corrected chi connectivity index (χ0v) is 13.6. The van der Waals surface area contributed by atoms with Crippen molar-refractivity contribution in [1.82, 2.24) is 0 Å². The van der Waals surface area contributed by atoms with Crippen LogP contribution in [0.2, 0.25) is 0 Å². The Kier molecular flexibility index (Phi) is 3.12. The second kappa shape index (κ2) is 4.82. The van der Waals surface area contributed by atoms with Crippen molar-refractivity contribution in [1.29, 1.82) is 0 Å². The molecule has 1 amide bonds. The van der Waals surface area contributed by atoms with Crippen LogP contribution in [0.25, 0.3) is 0 Å². The number of hydrogen-bond acceptors (Lipinski definition) is 2. The number of rotatable bonds is 2. The molecule has 1 saturated carbocycles. The molecule has 0 aromatic heterocycles. The van der Waals surface area contributed by atoms with Crippen molar-refractivity contribution in [3.05, 3.63) is 29.8 Å². The molecular formula is C19H25NO2. The van der Waals surface area contributed by atoms with Crippen molar-refractivity contribution < 1.29 is 9.53 Å². The molecular weight excluding hydrogens is 274 g/mol. The Hall–Kier alpha value is -1.35. The van der Waals surface area contributed by atoms with Gasteiger partial charge in [0.15, 0.2) is 0 Å². The van der Waals surface area contributed by atoms with Crippen LogP contribution in [0.4, 0.5) is 5.69 Å². The molecule has 4 rings (SSSR count). The second-order valence-electron chi connectivity index (χ2n) is 7.71. The predicted octanol–water partition coefficient (Wildman–Crippen LogP) is 3.88. The number of benzene rings is 1. The summed E-state index contributed by atoms with van der Waals surface area (Å²) < 4.78 is 5.60. The Morgan fingerprint density at radius 3 is 2.23 bits per heavy atom. The van der Waals surface area contributed by atoms with Crippen LogP contribution >= 0.6 is 0 Å². The third-order valence-electron chi connectivity index (χ3n) is 6.06. The molecule has 0 radical (unpaired) electrons. The van der Waals surface area contributed by atoms with Crippen molar-refractivity contribution in [3.63, 3.8) is 0 Å². The molecule has 0 atom stereocenters. The van der Waals surface area contributed by atoms with Gasteiger partial charge >= 0.3 is 0 Å². The smallest absolute Gasteiger partial charge is 0.233 e. The van der Waals surface area contributed by atoms with Gasteiger partial charge in [-0.15, -0.1) is 0 Å². The lowest BCUT2D eigenvalue weighted by molar-refractivity contribution is -0.127. The molecule has 118 valence electrons. The summed E-state index contributed by atoms with van der Waals surface area (Å²) >= 11 is 0. The Balaban J connectivity index is 1.51. The maximum atomic E-state index is 13.0. The minimum atomic E-state index is -0.103. The van der Waals surface area contributed by atoms with Crippen molar-refractivity contribution in [2.75, 3.05) is 18.1 Å². The van der Waals surface area contributed by atoms with E-state index < -0.39 is 0 Å². The third kappa shape index (κ3) is 2.18. The summed E-state index contributed by atoms with van der Waals surface area (Å²) in [5.74, 6) is 0.878. The van der Waals surface area contributed by atoms with Gasteiger partial charge in [0.25, 0.3) is 0 Å². The molecule has 3 aliphatic rings. The summed E-state index contributed by atoms with van der Waals surface area (Å²) in [4.78, 5) is 15.0. The van der Waals surface area contributed by atoms with Gasteiger partial charge in [-0.05, 0) is 55.7 Å². The van der Waals surface area contributed by atoms with Crippen molar-refractivity contribution in [3.8, 4) is 0 Å². The highest BCUT2D eigenvalue weighted by molar-refractivity contribution is 6.00. The Labute approximate surface area is 132 Å². The number of epoxide rings is 1. The van der Waals surface area contributed by atoms with Crippen LogP contribution < -0.4 is 4.90 Å². The quantitative estimate of drug-likeness (QED) is 0.776. The number of carbonyl (C=O) groups is 1. The maximum Gasteiger partial charge on any atom is 0.233 e. The van der Waals surface area contributed by atoms with E-state index in [1.807, 2.05) is 4.90 Å². The van der Waals surface area contributed by atoms with E-state index in [9.17, 15) is 4.79 Å². The van der Waals surface area contributed by atoms with Gasteiger partial charge in [0, 0.05) is 12.2 Å². The summed E-state index contributed by atoms with van der Waals surface area (Å²) in [5.41, 5.74) is 2.45. The van der Waals surface area contributed by atoms with E-state index in [4.69, 9.17) is 4.74 Å². The first-order chi connectivity index (χ1) is 10.5. The molecule has 0 bridgehead atoms. The highest BCUT2D eigenvalue weighted by Crippen LogP contribution is 2.53. The minimum absolute atomic E-state index is 0.103.